The molecule has 1 atom stereocenters. The van der Waals surface area contributed by atoms with Crippen LogP contribution in [0.4, 0.5) is 0 Å². The Morgan fingerprint density at radius 2 is 2.25 bits per heavy atom. The number of benzene rings is 1. The number of hydrogen-bond acceptors (Lipinski definition) is 2. The summed E-state index contributed by atoms with van der Waals surface area (Å²) in [5, 5.41) is 0. The van der Waals surface area contributed by atoms with Gasteiger partial charge in [-0.2, -0.15) is 0 Å². The molecule has 1 N–H and O–H groups in total. The van der Waals surface area contributed by atoms with E-state index in [4.69, 9.17) is 4.78 Å². The SMILES string of the molecule is CS(=N)(=O)Cc1cccc(Br)c1. The second-order valence-corrected chi connectivity index (χ2v) is 5.99. The van der Waals surface area contributed by atoms with E-state index in [1.165, 1.54) is 6.26 Å². The highest BCUT2D eigenvalue weighted by atomic mass is 79.9. The average molecular weight is 248 g/mol. The first kappa shape index (κ1) is 9.74. The minimum absolute atomic E-state index is 0.326. The molecule has 1 aromatic rings. The van der Waals surface area contributed by atoms with Gasteiger partial charge in [-0.1, -0.05) is 28.1 Å². The van der Waals surface area contributed by atoms with E-state index in [9.17, 15) is 4.21 Å². The Balaban J connectivity index is 2.91. The predicted molar refractivity (Wildman–Crippen MR) is 54.6 cm³/mol. The van der Waals surface area contributed by atoms with Gasteiger partial charge in [-0.3, -0.25) is 4.78 Å². The number of hydrogen-bond donors (Lipinski definition) is 1. The van der Waals surface area contributed by atoms with Crippen LogP contribution in [0.1, 0.15) is 5.56 Å². The van der Waals surface area contributed by atoms with E-state index in [2.05, 4.69) is 15.9 Å². The molecule has 0 aliphatic heterocycles. The minimum atomic E-state index is -2.41. The lowest BCUT2D eigenvalue weighted by atomic mass is 10.2. The fraction of sp³-hybridized carbons (Fsp3) is 0.250. The van der Waals surface area contributed by atoms with E-state index in [-0.39, 0.29) is 0 Å². The van der Waals surface area contributed by atoms with Crippen LogP contribution >= 0.6 is 15.9 Å². The Morgan fingerprint density at radius 1 is 1.58 bits per heavy atom. The third-order valence-corrected chi connectivity index (χ3v) is 2.71. The average Bonchev–Trinajstić information content (AvgIpc) is 1.82. The molecule has 0 spiro atoms. The second-order valence-electron chi connectivity index (χ2n) is 2.78. The molecule has 2 nitrogen and oxygen atoms in total. The summed E-state index contributed by atoms with van der Waals surface area (Å²) in [4.78, 5) is 0. The van der Waals surface area contributed by atoms with Crippen LogP contribution in [0.2, 0.25) is 0 Å². The van der Waals surface area contributed by atoms with E-state index in [1.54, 1.807) is 0 Å². The Morgan fingerprint density at radius 3 is 2.75 bits per heavy atom. The smallest absolute Gasteiger partial charge is 0.0563 e. The maximum atomic E-state index is 11.1. The Bertz CT molecular complexity index is 372. The van der Waals surface area contributed by atoms with Gasteiger partial charge in [-0.25, -0.2) is 4.21 Å². The molecule has 0 aliphatic carbocycles. The first-order chi connectivity index (χ1) is 5.47. The molecule has 0 amide bonds. The second kappa shape index (κ2) is 3.58. The highest BCUT2D eigenvalue weighted by Crippen LogP contribution is 2.13. The summed E-state index contributed by atoms with van der Waals surface area (Å²) in [5.74, 6) is 0.326. The molecule has 0 aliphatic rings. The first-order valence-electron chi connectivity index (χ1n) is 3.43. The van der Waals surface area contributed by atoms with Crippen molar-refractivity contribution in [1.82, 2.24) is 0 Å². The van der Waals surface area contributed by atoms with Crippen LogP contribution < -0.4 is 0 Å². The standard InChI is InChI=1S/C8H10BrNOS/c1-12(10,11)6-7-3-2-4-8(9)5-7/h2-5,10H,6H2,1H3. The van der Waals surface area contributed by atoms with Crippen molar-refractivity contribution in [2.45, 2.75) is 5.75 Å². The molecular formula is C8H10BrNOS. The maximum Gasteiger partial charge on any atom is 0.0563 e. The Labute approximate surface area is 81.1 Å². The topological polar surface area (TPSA) is 40.9 Å². The summed E-state index contributed by atoms with van der Waals surface area (Å²) >= 11 is 3.32. The van der Waals surface area contributed by atoms with Gasteiger partial charge in [0.25, 0.3) is 0 Å². The summed E-state index contributed by atoms with van der Waals surface area (Å²) in [7, 11) is -2.41. The van der Waals surface area contributed by atoms with Crippen molar-refractivity contribution in [2.75, 3.05) is 6.26 Å². The largest absolute Gasteiger partial charge is 0.253 e. The highest BCUT2D eigenvalue weighted by molar-refractivity contribution is 9.10. The summed E-state index contributed by atoms with van der Waals surface area (Å²) < 4.78 is 19.3. The predicted octanol–water partition coefficient (Wildman–Crippen LogP) is 2.63. The van der Waals surface area contributed by atoms with Gasteiger partial charge < -0.3 is 0 Å². The molecule has 0 fully saturated rings. The number of nitrogens with one attached hydrogen (secondary N) is 1. The molecular weight excluding hydrogens is 238 g/mol. The van der Waals surface area contributed by atoms with Crippen LogP contribution in [0.3, 0.4) is 0 Å². The molecule has 0 bridgehead atoms. The van der Waals surface area contributed by atoms with Crippen molar-refractivity contribution in [1.29, 1.82) is 4.78 Å². The monoisotopic (exact) mass is 247 g/mol. The minimum Gasteiger partial charge on any atom is -0.253 e. The summed E-state index contributed by atoms with van der Waals surface area (Å²) in [6.07, 6.45) is 1.45. The van der Waals surface area contributed by atoms with Crippen molar-refractivity contribution < 1.29 is 4.21 Å². The zero-order valence-corrected chi connectivity index (χ0v) is 9.11. The van der Waals surface area contributed by atoms with Gasteiger partial charge in [0, 0.05) is 20.5 Å². The third kappa shape index (κ3) is 3.36. The lowest BCUT2D eigenvalue weighted by Gasteiger charge is -2.01. The zero-order chi connectivity index (χ0) is 9.19. The molecule has 0 radical (unpaired) electrons. The zero-order valence-electron chi connectivity index (χ0n) is 6.71. The van der Waals surface area contributed by atoms with Gasteiger partial charge in [0.1, 0.15) is 0 Å². The lowest BCUT2D eigenvalue weighted by Crippen LogP contribution is -1.98. The normalized spacial score (nSPS) is 15.5. The molecule has 0 aromatic heterocycles. The van der Waals surface area contributed by atoms with Gasteiger partial charge in [0.2, 0.25) is 0 Å². The fourth-order valence-electron chi connectivity index (χ4n) is 0.945. The van der Waals surface area contributed by atoms with Crippen LogP contribution in [0.15, 0.2) is 28.7 Å². The van der Waals surface area contributed by atoms with E-state index < -0.39 is 9.73 Å². The van der Waals surface area contributed by atoms with Gasteiger partial charge in [-0.05, 0) is 17.7 Å². The van der Waals surface area contributed by atoms with E-state index in [1.807, 2.05) is 24.3 Å². The molecule has 0 saturated heterocycles. The lowest BCUT2D eigenvalue weighted by molar-refractivity contribution is 0.678. The highest BCUT2D eigenvalue weighted by Gasteiger charge is 2.00. The van der Waals surface area contributed by atoms with Gasteiger partial charge in [-0.15, -0.1) is 0 Å². The Hall–Kier alpha value is -0.350. The summed E-state index contributed by atoms with van der Waals surface area (Å²) in [6, 6.07) is 7.55. The van der Waals surface area contributed by atoms with Gasteiger partial charge in [0.15, 0.2) is 0 Å². The molecule has 12 heavy (non-hydrogen) atoms. The number of rotatable bonds is 2. The van der Waals surface area contributed by atoms with Crippen molar-refractivity contribution in [3.8, 4) is 0 Å². The molecule has 1 rings (SSSR count). The van der Waals surface area contributed by atoms with E-state index in [0.717, 1.165) is 10.0 Å². The van der Waals surface area contributed by atoms with Crippen LogP contribution in [-0.4, -0.2) is 10.5 Å². The quantitative estimate of drug-likeness (QED) is 0.858. The molecule has 0 heterocycles. The number of halogens is 1. The van der Waals surface area contributed by atoms with Crippen LogP contribution in [0.5, 0.6) is 0 Å². The molecule has 0 saturated carbocycles. The molecule has 1 aromatic carbocycles. The van der Waals surface area contributed by atoms with Gasteiger partial charge in [0.05, 0.1) is 5.75 Å². The van der Waals surface area contributed by atoms with Crippen molar-refractivity contribution >= 4 is 25.7 Å². The van der Waals surface area contributed by atoms with Crippen molar-refractivity contribution in [3.63, 3.8) is 0 Å². The van der Waals surface area contributed by atoms with Crippen LogP contribution in [-0.2, 0) is 15.5 Å². The fourth-order valence-corrected chi connectivity index (χ4v) is 2.21. The van der Waals surface area contributed by atoms with Crippen LogP contribution in [0, 0.1) is 4.78 Å². The van der Waals surface area contributed by atoms with Gasteiger partial charge >= 0.3 is 0 Å². The third-order valence-electron chi connectivity index (χ3n) is 1.33. The van der Waals surface area contributed by atoms with E-state index in [0.29, 0.717) is 5.75 Å². The van der Waals surface area contributed by atoms with Crippen LogP contribution in [0.25, 0.3) is 0 Å². The first-order valence-corrected chi connectivity index (χ1v) is 6.36. The Kier molecular flexibility index (Phi) is 2.90. The molecule has 4 heteroatoms. The molecule has 66 valence electrons. The molecule has 1 unspecified atom stereocenters. The summed E-state index contributed by atoms with van der Waals surface area (Å²) in [5.41, 5.74) is 0.937. The van der Waals surface area contributed by atoms with Crippen molar-refractivity contribution in [2.24, 2.45) is 0 Å². The summed E-state index contributed by atoms with van der Waals surface area (Å²) in [6.45, 7) is 0. The van der Waals surface area contributed by atoms with Crippen molar-refractivity contribution in [3.05, 3.63) is 34.3 Å². The maximum absolute atomic E-state index is 11.1. The van der Waals surface area contributed by atoms with E-state index >= 15 is 0 Å².